The van der Waals surface area contributed by atoms with Crippen molar-refractivity contribution in [1.29, 1.82) is 0 Å². The summed E-state index contributed by atoms with van der Waals surface area (Å²) in [6.07, 6.45) is 4.67. The monoisotopic (exact) mass is 280 g/mol. The molecule has 0 amide bonds. The topological polar surface area (TPSA) is 59.1 Å². The molecule has 0 saturated carbocycles. The van der Waals surface area contributed by atoms with Crippen molar-refractivity contribution in [2.75, 3.05) is 12.4 Å². The maximum absolute atomic E-state index is 12.2. The Morgan fingerprint density at radius 1 is 1.19 bits per heavy atom. The molecular weight excluding hydrogens is 264 g/mol. The van der Waals surface area contributed by atoms with E-state index in [0.29, 0.717) is 11.4 Å². The average Bonchev–Trinajstić information content (AvgIpc) is 2.67. The lowest BCUT2D eigenvalue weighted by atomic mass is 10.1. The van der Waals surface area contributed by atoms with Gasteiger partial charge in [-0.1, -0.05) is 18.2 Å². The quantitative estimate of drug-likeness (QED) is 0.691. The van der Waals surface area contributed by atoms with Gasteiger partial charge >= 0.3 is 0 Å². The first-order valence-corrected chi connectivity index (χ1v) is 6.58. The number of nitrogens with one attached hydrogen (secondary N) is 1. The highest BCUT2D eigenvalue weighted by Gasteiger charge is 2.08. The summed E-state index contributed by atoms with van der Waals surface area (Å²) < 4.78 is 0. The van der Waals surface area contributed by atoms with E-state index >= 15 is 0 Å². The molecule has 0 aliphatic carbocycles. The fraction of sp³-hybridized carbons (Fsp3) is 0.118. The molecule has 2 aromatic rings. The van der Waals surface area contributed by atoms with E-state index in [1.165, 1.54) is 12.1 Å². The number of hydrogen-bond donors (Lipinski definition) is 1. The fourth-order valence-corrected chi connectivity index (χ4v) is 1.91. The number of ketones is 1. The second-order valence-electron chi connectivity index (χ2n) is 4.53. The number of pyridine rings is 1. The van der Waals surface area contributed by atoms with Gasteiger partial charge in [-0.05, 0) is 42.8 Å². The van der Waals surface area contributed by atoms with Crippen molar-refractivity contribution >= 4 is 17.5 Å². The second kappa shape index (κ2) is 6.61. The lowest BCUT2D eigenvalue weighted by Crippen LogP contribution is -2.14. The van der Waals surface area contributed by atoms with E-state index in [-0.39, 0.29) is 16.8 Å². The first-order valence-electron chi connectivity index (χ1n) is 6.58. The zero-order chi connectivity index (χ0) is 15.2. The minimum absolute atomic E-state index is 0.134. The molecule has 4 heteroatoms. The number of nitrogens with zero attached hydrogens (tertiary/aromatic N) is 1. The van der Waals surface area contributed by atoms with Crippen LogP contribution in [0.5, 0.6) is 0 Å². The zero-order valence-corrected chi connectivity index (χ0v) is 12.0. The molecule has 0 unspecified atom stereocenters. The van der Waals surface area contributed by atoms with Gasteiger partial charge in [0.25, 0.3) is 0 Å². The Morgan fingerprint density at radius 3 is 2.67 bits per heavy atom. The third-order valence-corrected chi connectivity index (χ3v) is 3.10. The molecule has 21 heavy (non-hydrogen) atoms. The molecule has 1 aromatic carbocycles. The number of aryl methyl sites for hydroxylation is 1. The molecule has 0 saturated heterocycles. The number of hydrogen-bond acceptors (Lipinski definition) is 4. The molecule has 0 atom stereocenters. The van der Waals surface area contributed by atoms with Gasteiger partial charge in [0.05, 0.1) is 16.9 Å². The minimum Gasteiger partial charge on any atom is -0.385 e. The van der Waals surface area contributed by atoms with Gasteiger partial charge in [-0.15, -0.1) is 0 Å². The van der Waals surface area contributed by atoms with E-state index in [1.807, 2.05) is 19.1 Å². The normalized spacial score (nSPS) is 10.6. The van der Waals surface area contributed by atoms with Gasteiger partial charge < -0.3 is 5.32 Å². The molecule has 4 nitrogen and oxygen atoms in total. The molecule has 0 aliphatic rings. The van der Waals surface area contributed by atoms with Crippen LogP contribution in [0.1, 0.15) is 21.6 Å². The predicted molar refractivity (Wildman–Crippen MR) is 84.6 cm³/mol. The predicted octanol–water partition coefficient (Wildman–Crippen LogP) is 2.69. The van der Waals surface area contributed by atoms with E-state index in [0.717, 1.165) is 5.56 Å². The van der Waals surface area contributed by atoms with Crippen LogP contribution in [-0.2, 0) is 0 Å². The van der Waals surface area contributed by atoms with Gasteiger partial charge in [0.1, 0.15) is 0 Å². The summed E-state index contributed by atoms with van der Waals surface area (Å²) in [7, 11) is 1.65. The first kappa shape index (κ1) is 14.7. The second-order valence-corrected chi connectivity index (χ2v) is 4.53. The molecule has 1 N–H and O–H groups in total. The van der Waals surface area contributed by atoms with E-state index in [9.17, 15) is 9.59 Å². The maximum Gasteiger partial charge on any atom is 0.212 e. The van der Waals surface area contributed by atoms with Crippen LogP contribution in [0.2, 0.25) is 0 Å². The van der Waals surface area contributed by atoms with E-state index in [4.69, 9.17) is 0 Å². The highest BCUT2D eigenvalue weighted by molar-refractivity contribution is 6.07. The third kappa shape index (κ3) is 3.42. The fourth-order valence-electron chi connectivity index (χ4n) is 1.91. The molecular formula is C17H16N2O2. The molecule has 0 fully saturated rings. The van der Waals surface area contributed by atoms with Crippen molar-refractivity contribution in [3.63, 3.8) is 0 Å². The van der Waals surface area contributed by atoms with Gasteiger partial charge in [-0.2, -0.15) is 0 Å². The molecule has 0 bridgehead atoms. The Kier molecular flexibility index (Phi) is 4.61. The van der Waals surface area contributed by atoms with E-state index in [1.54, 1.807) is 37.5 Å². The Morgan fingerprint density at radius 2 is 1.95 bits per heavy atom. The molecule has 1 heterocycles. The van der Waals surface area contributed by atoms with Gasteiger partial charge in [-0.25, -0.2) is 0 Å². The van der Waals surface area contributed by atoms with Crippen molar-refractivity contribution in [3.05, 3.63) is 75.7 Å². The Hall–Kier alpha value is -2.75. The smallest absolute Gasteiger partial charge is 0.212 e. The van der Waals surface area contributed by atoms with Crippen LogP contribution >= 0.6 is 0 Å². The van der Waals surface area contributed by atoms with Crippen LogP contribution in [0.4, 0.5) is 5.69 Å². The maximum atomic E-state index is 12.2. The molecule has 2 rings (SSSR count). The van der Waals surface area contributed by atoms with Gasteiger partial charge in [0.2, 0.25) is 5.43 Å². The molecule has 0 spiro atoms. The summed E-state index contributed by atoms with van der Waals surface area (Å²) in [6.45, 7) is 1.91. The Labute approximate surface area is 123 Å². The highest BCUT2D eigenvalue weighted by Crippen LogP contribution is 2.07. The van der Waals surface area contributed by atoms with Crippen molar-refractivity contribution in [2.45, 2.75) is 6.92 Å². The number of carbonyl (C=O) groups excluding carboxylic acids is 1. The number of allylic oxidation sites excluding steroid dienone is 1. The molecule has 0 aliphatic heterocycles. The van der Waals surface area contributed by atoms with Crippen LogP contribution in [0.3, 0.4) is 0 Å². The van der Waals surface area contributed by atoms with Crippen molar-refractivity contribution in [2.24, 2.45) is 0 Å². The van der Waals surface area contributed by atoms with Crippen LogP contribution in [0.25, 0.3) is 6.08 Å². The Bertz CT molecular complexity index is 752. The van der Waals surface area contributed by atoms with Gasteiger partial charge in [0, 0.05) is 13.2 Å². The molecule has 106 valence electrons. The largest absolute Gasteiger partial charge is 0.385 e. The van der Waals surface area contributed by atoms with E-state index < -0.39 is 0 Å². The number of aromatic nitrogens is 1. The summed E-state index contributed by atoms with van der Waals surface area (Å²) in [4.78, 5) is 28.6. The van der Waals surface area contributed by atoms with Crippen LogP contribution in [0.15, 0.2) is 53.5 Å². The zero-order valence-electron chi connectivity index (χ0n) is 12.0. The molecule has 0 radical (unpaired) electrons. The van der Waals surface area contributed by atoms with Crippen molar-refractivity contribution < 1.29 is 4.79 Å². The number of carbonyl (C=O) groups is 1. The average molecular weight is 280 g/mol. The highest BCUT2D eigenvalue weighted by atomic mass is 16.1. The Balaban J connectivity index is 2.37. The minimum atomic E-state index is -0.335. The molecule has 1 aromatic heterocycles. The van der Waals surface area contributed by atoms with Crippen LogP contribution in [0, 0.1) is 6.92 Å². The lowest BCUT2D eigenvalue weighted by molar-refractivity contribution is 0.104. The SMILES string of the molecule is CNc1ccccc(C(=O)/C=C/c2ncccc2C)c1=O. The first-order chi connectivity index (χ1) is 10.1. The summed E-state index contributed by atoms with van der Waals surface area (Å²) in [6, 6.07) is 10.3. The van der Waals surface area contributed by atoms with E-state index in [2.05, 4.69) is 10.3 Å². The summed E-state index contributed by atoms with van der Waals surface area (Å²) in [5.41, 5.74) is 1.90. The lowest BCUT2D eigenvalue weighted by Gasteiger charge is -1.98. The standard InChI is InChI=1S/C17H16N2O2/c1-12-6-5-11-19-14(12)9-10-16(20)13-7-3-4-8-15(18-2)17(13)21/h3-11H,1-2H3,(H,18,21)/b10-9+. The third-order valence-electron chi connectivity index (χ3n) is 3.10. The van der Waals surface area contributed by atoms with Gasteiger partial charge in [-0.3, -0.25) is 14.6 Å². The van der Waals surface area contributed by atoms with Gasteiger partial charge in [0.15, 0.2) is 5.78 Å². The number of anilines is 1. The summed E-state index contributed by atoms with van der Waals surface area (Å²) in [5.74, 6) is -0.335. The van der Waals surface area contributed by atoms with Crippen LogP contribution in [-0.4, -0.2) is 17.8 Å². The van der Waals surface area contributed by atoms with Crippen LogP contribution < -0.4 is 10.7 Å². The summed E-state index contributed by atoms with van der Waals surface area (Å²) >= 11 is 0. The number of rotatable bonds is 4. The summed E-state index contributed by atoms with van der Waals surface area (Å²) in [5, 5.41) is 2.79. The van der Waals surface area contributed by atoms with Crippen molar-refractivity contribution in [3.8, 4) is 0 Å². The van der Waals surface area contributed by atoms with Crippen molar-refractivity contribution in [1.82, 2.24) is 4.98 Å².